The van der Waals surface area contributed by atoms with Crippen LogP contribution in [-0.2, 0) is 0 Å². The van der Waals surface area contributed by atoms with E-state index in [9.17, 15) is 4.79 Å². The number of pyridine rings is 1. The van der Waals surface area contributed by atoms with Gasteiger partial charge >= 0.3 is 0 Å². The average Bonchev–Trinajstić information content (AvgIpc) is 2.93. The summed E-state index contributed by atoms with van der Waals surface area (Å²) in [7, 11) is 0. The number of carbonyl (C=O) groups is 1. The molecule has 1 fully saturated rings. The van der Waals surface area contributed by atoms with E-state index in [2.05, 4.69) is 22.4 Å². The van der Waals surface area contributed by atoms with Crippen LogP contribution < -0.4 is 0 Å². The number of piperidine rings is 1. The van der Waals surface area contributed by atoms with Gasteiger partial charge in [-0.05, 0) is 48.2 Å². The first-order chi connectivity index (χ1) is 9.29. The molecule has 19 heavy (non-hydrogen) atoms. The van der Waals surface area contributed by atoms with Crippen LogP contribution in [0, 0.1) is 0 Å². The molecule has 0 spiro atoms. The highest BCUT2D eigenvalue weighted by Crippen LogP contribution is 2.21. The SMILES string of the molecule is CCC1CCCCN1C(=O)c1ccc2nnnn2c1. The van der Waals surface area contributed by atoms with Gasteiger partial charge in [-0.1, -0.05) is 6.92 Å². The van der Waals surface area contributed by atoms with E-state index in [1.807, 2.05) is 4.90 Å². The summed E-state index contributed by atoms with van der Waals surface area (Å²) < 4.78 is 1.54. The fraction of sp³-hybridized carbons (Fsp3) is 0.538. The molecule has 1 atom stereocenters. The van der Waals surface area contributed by atoms with Gasteiger partial charge in [-0.15, -0.1) is 5.10 Å². The summed E-state index contributed by atoms with van der Waals surface area (Å²) in [5, 5.41) is 11.3. The second-order valence-electron chi connectivity index (χ2n) is 4.96. The second-order valence-corrected chi connectivity index (χ2v) is 4.96. The lowest BCUT2D eigenvalue weighted by Crippen LogP contribution is -2.43. The second kappa shape index (κ2) is 4.95. The Balaban J connectivity index is 1.89. The molecule has 2 aromatic rings. The van der Waals surface area contributed by atoms with Crippen LogP contribution in [0.25, 0.3) is 5.65 Å². The molecule has 1 aliphatic rings. The van der Waals surface area contributed by atoms with Crippen molar-refractivity contribution >= 4 is 11.6 Å². The fourth-order valence-corrected chi connectivity index (χ4v) is 2.73. The lowest BCUT2D eigenvalue weighted by atomic mass is 9.99. The molecular weight excluding hydrogens is 242 g/mol. The fourth-order valence-electron chi connectivity index (χ4n) is 2.73. The molecule has 1 saturated heterocycles. The van der Waals surface area contributed by atoms with Gasteiger partial charge in [-0.2, -0.15) is 4.52 Å². The van der Waals surface area contributed by atoms with Gasteiger partial charge in [0.2, 0.25) is 0 Å². The summed E-state index contributed by atoms with van der Waals surface area (Å²) in [5.74, 6) is 0.0870. The van der Waals surface area contributed by atoms with Crippen molar-refractivity contribution < 1.29 is 4.79 Å². The molecule has 0 bridgehead atoms. The van der Waals surface area contributed by atoms with Crippen molar-refractivity contribution in [3.63, 3.8) is 0 Å². The van der Waals surface area contributed by atoms with Crippen LogP contribution in [0.5, 0.6) is 0 Å². The number of nitrogens with zero attached hydrogens (tertiary/aromatic N) is 5. The molecule has 6 nitrogen and oxygen atoms in total. The Bertz CT molecular complexity index is 593. The van der Waals surface area contributed by atoms with E-state index < -0.39 is 0 Å². The minimum absolute atomic E-state index is 0.0870. The third-order valence-electron chi connectivity index (χ3n) is 3.80. The van der Waals surface area contributed by atoms with Gasteiger partial charge in [0.1, 0.15) is 0 Å². The number of likely N-dealkylation sites (tertiary alicyclic amines) is 1. The van der Waals surface area contributed by atoms with E-state index in [-0.39, 0.29) is 5.91 Å². The van der Waals surface area contributed by atoms with Crippen molar-refractivity contribution in [3.8, 4) is 0 Å². The van der Waals surface area contributed by atoms with E-state index in [4.69, 9.17) is 0 Å². The lowest BCUT2D eigenvalue weighted by Gasteiger charge is -2.35. The largest absolute Gasteiger partial charge is 0.336 e. The first-order valence-corrected chi connectivity index (χ1v) is 6.78. The van der Waals surface area contributed by atoms with Gasteiger partial charge < -0.3 is 4.90 Å². The van der Waals surface area contributed by atoms with E-state index in [0.717, 1.165) is 25.8 Å². The zero-order chi connectivity index (χ0) is 13.2. The lowest BCUT2D eigenvalue weighted by molar-refractivity contribution is 0.0607. The monoisotopic (exact) mass is 259 g/mol. The zero-order valence-electron chi connectivity index (χ0n) is 11.0. The number of fused-ring (bicyclic) bond motifs is 1. The molecule has 0 aromatic carbocycles. The number of carbonyl (C=O) groups excluding carboxylic acids is 1. The summed E-state index contributed by atoms with van der Waals surface area (Å²) in [6.45, 7) is 2.99. The number of hydrogen-bond donors (Lipinski definition) is 0. The number of tetrazole rings is 1. The van der Waals surface area contributed by atoms with Gasteiger partial charge in [0.15, 0.2) is 5.65 Å². The standard InChI is InChI=1S/C13H17N5O/c1-2-11-5-3-4-8-17(11)13(19)10-6-7-12-14-15-16-18(12)9-10/h6-7,9,11H,2-5,8H2,1H3. The molecule has 0 radical (unpaired) electrons. The minimum atomic E-state index is 0.0870. The highest BCUT2D eigenvalue weighted by molar-refractivity contribution is 5.94. The Morgan fingerprint density at radius 2 is 2.32 bits per heavy atom. The summed E-state index contributed by atoms with van der Waals surface area (Å²) in [6, 6.07) is 3.94. The van der Waals surface area contributed by atoms with Crippen LogP contribution in [-0.4, -0.2) is 43.4 Å². The number of rotatable bonds is 2. The van der Waals surface area contributed by atoms with Crippen molar-refractivity contribution in [2.75, 3.05) is 6.54 Å². The van der Waals surface area contributed by atoms with Crippen molar-refractivity contribution in [2.45, 2.75) is 38.6 Å². The number of hydrogen-bond acceptors (Lipinski definition) is 4. The molecule has 0 saturated carbocycles. The number of aromatic nitrogens is 4. The van der Waals surface area contributed by atoms with E-state index >= 15 is 0 Å². The van der Waals surface area contributed by atoms with Gasteiger partial charge in [-0.3, -0.25) is 4.79 Å². The molecule has 3 rings (SSSR count). The molecule has 6 heteroatoms. The first kappa shape index (κ1) is 12.1. The third kappa shape index (κ3) is 2.18. The van der Waals surface area contributed by atoms with Gasteiger partial charge in [-0.25, -0.2) is 0 Å². The predicted octanol–water partition coefficient (Wildman–Crippen LogP) is 1.53. The Morgan fingerprint density at radius 3 is 3.16 bits per heavy atom. The molecule has 3 heterocycles. The van der Waals surface area contributed by atoms with Crippen molar-refractivity contribution in [3.05, 3.63) is 23.9 Å². The summed E-state index contributed by atoms with van der Waals surface area (Å²) in [5.41, 5.74) is 1.31. The average molecular weight is 259 g/mol. The molecule has 2 aromatic heterocycles. The maximum atomic E-state index is 12.6. The third-order valence-corrected chi connectivity index (χ3v) is 3.80. The van der Waals surface area contributed by atoms with Crippen LogP contribution in [0.1, 0.15) is 43.0 Å². The van der Waals surface area contributed by atoms with Gasteiger partial charge in [0.25, 0.3) is 5.91 Å². The van der Waals surface area contributed by atoms with Crippen LogP contribution in [0.3, 0.4) is 0 Å². The Morgan fingerprint density at radius 1 is 1.42 bits per heavy atom. The molecular formula is C13H17N5O. The quantitative estimate of drug-likeness (QED) is 0.820. The normalized spacial score (nSPS) is 19.8. The molecule has 0 aliphatic carbocycles. The van der Waals surface area contributed by atoms with Crippen LogP contribution >= 0.6 is 0 Å². The molecule has 0 N–H and O–H groups in total. The molecule has 1 amide bonds. The van der Waals surface area contributed by atoms with Crippen LogP contribution in [0.4, 0.5) is 0 Å². The maximum absolute atomic E-state index is 12.6. The van der Waals surface area contributed by atoms with Crippen LogP contribution in [0.2, 0.25) is 0 Å². The van der Waals surface area contributed by atoms with Crippen molar-refractivity contribution in [1.82, 2.24) is 24.9 Å². The molecule has 100 valence electrons. The minimum Gasteiger partial charge on any atom is -0.336 e. The van der Waals surface area contributed by atoms with E-state index in [1.54, 1.807) is 18.3 Å². The van der Waals surface area contributed by atoms with Gasteiger partial charge in [0, 0.05) is 18.8 Å². The van der Waals surface area contributed by atoms with Crippen molar-refractivity contribution in [2.24, 2.45) is 0 Å². The zero-order valence-corrected chi connectivity index (χ0v) is 11.0. The predicted molar refractivity (Wildman–Crippen MR) is 69.7 cm³/mol. The molecule has 1 aliphatic heterocycles. The topological polar surface area (TPSA) is 63.4 Å². The van der Waals surface area contributed by atoms with Gasteiger partial charge in [0.05, 0.1) is 5.56 Å². The van der Waals surface area contributed by atoms with E-state index in [0.29, 0.717) is 17.3 Å². The van der Waals surface area contributed by atoms with Crippen LogP contribution in [0.15, 0.2) is 18.3 Å². The van der Waals surface area contributed by atoms with E-state index in [1.165, 1.54) is 10.9 Å². The van der Waals surface area contributed by atoms with Crippen molar-refractivity contribution in [1.29, 1.82) is 0 Å². The first-order valence-electron chi connectivity index (χ1n) is 6.78. The highest BCUT2D eigenvalue weighted by Gasteiger charge is 2.26. The number of amides is 1. The maximum Gasteiger partial charge on any atom is 0.255 e. The smallest absolute Gasteiger partial charge is 0.255 e. The summed E-state index contributed by atoms with van der Waals surface area (Å²) in [4.78, 5) is 14.6. The Hall–Kier alpha value is -1.98. The summed E-state index contributed by atoms with van der Waals surface area (Å²) >= 11 is 0. The Kier molecular flexibility index (Phi) is 3.15. The highest BCUT2D eigenvalue weighted by atomic mass is 16.2. The Labute approximate surface area is 111 Å². The molecule has 1 unspecified atom stereocenters. The summed E-state index contributed by atoms with van der Waals surface area (Å²) in [6.07, 6.45) is 6.14.